The Hall–Kier alpha value is -2.10. The van der Waals surface area contributed by atoms with E-state index in [1.54, 1.807) is 5.38 Å². The average molecular weight is 393 g/mol. The van der Waals surface area contributed by atoms with Gasteiger partial charge in [-0.2, -0.15) is 0 Å². The molecule has 0 bridgehead atoms. The van der Waals surface area contributed by atoms with Crippen LogP contribution in [0.4, 0.5) is 5.13 Å². The van der Waals surface area contributed by atoms with E-state index >= 15 is 0 Å². The van der Waals surface area contributed by atoms with Gasteiger partial charge in [-0.3, -0.25) is 20.4 Å². The lowest BCUT2D eigenvalue weighted by Crippen LogP contribution is -2.42. The second-order valence-corrected chi connectivity index (χ2v) is 7.52. The predicted octanol–water partition coefficient (Wildman–Crippen LogP) is 1.84. The van der Waals surface area contributed by atoms with Crippen LogP contribution in [-0.2, 0) is 9.53 Å². The summed E-state index contributed by atoms with van der Waals surface area (Å²) < 4.78 is 5.31. The van der Waals surface area contributed by atoms with Gasteiger partial charge in [0.2, 0.25) is 5.91 Å². The number of carbonyl (C=O) groups is 2. The van der Waals surface area contributed by atoms with E-state index in [0.717, 1.165) is 28.7 Å². The maximum Gasteiger partial charge on any atom is 0.289 e. The van der Waals surface area contributed by atoms with Crippen molar-refractivity contribution in [2.75, 3.05) is 37.0 Å². The van der Waals surface area contributed by atoms with E-state index in [1.165, 1.54) is 23.1 Å². The van der Waals surface area contributed by atoms with Crippen LogP contribution in [0.1, 0.15) is 16.1 Å². The predicted molar refractivity (Wildman–Crippen MR) is 103 cm³/mol. The van der Waals surface area contributed by atoms with Gasteiger partial charge in [0.15, 0.2) is 5.13 Å². The van der Waals surface area contributed by atoms with Gasteiger partial charge >= 0.3 is 0 Å². The molecule has 1 aliphatic rings. The number of hydrogen-bond acceptors (Lipinski definition) is 7. The Balaban J connectivity index is 1.45. The van der Waals surface area contributed by atoms with Crippen LogP contribution >= 0.6 is 23.1 Å². The average Bonchev–Trinajstić information content (AvgIpc) is 3.16. The van der Waals surface area contributed by atoms with Gasteiger partial charge in [-0.1, -0.05) is 18.2 Å². The Bertz CT molecular complexity index is 775. The number of aromatic nitrogens is 1. The standard InChI is InChI=1S/C17H20N4O3S2/c1-12-4-2-3-5-14(12)25-11-15(22)19-20-16(23)13-10-26-17(18-13)21-6-8-24-9-7-21/h2-5,10H,6-9,11H2,1H3,(H,19,22)(H,20,23). The number of amides is 2. The lowest BCUT2D eigenvalue weighted by atomic mass is 10.2. The number of anilines is 1. The summed E-state index contributed by atoms with van der Waals surface area (Å²) in [6.07, 6.45) is 0. The second kappa shape index (κ2) is 9.02. The molecule has 3 rings (SSSR count). The topological polar surface area (TPSA) is 83.6 Å². The van der Waals surface area contributed by atoms with Crippen molar-refractivity contribution in [2.24, 2.45) is 0 Å². The van der Waals surface area contributed by atoms with E-state index in [0.29, 0.717) is 18.9 Å². The van der Waals surface area contributed by atoms with Crippen LogP contribution in [0, 0.1) is 6.92 Å². The lowest BCUT2D eigenvalue weighted by Gasteiger charge is -2.25. The molecule has 1 saturated heterocycles. The van der Waals surface area contributed by atoms with Gasteiger partial charge in [0.25, 0.3) is 5.91 Å². The zero-order chi connectivity index (χ0) is 18.4. The van der Waals surface area contributed by atoms with Crippen LogP contribution in [0.2, 0.25) is 0 Å². The Kier molecular flexibility index (Phi) is 6.48. The zero-order valence-corrected chi connectivity index (χ0v) is 16.0. The molecule has 26 heavy (non-hydrogen) atoms. The number of thiazole rings is 1. The molecule has 2 heterocycles. The summed E-state index contributed by atoms with van der Waals surface area (Å²) in [5, 5.41) is 2.48. The van der Waals surface area contributed by atoms with Crippen LogP contribution in [0.15, 0.2) is 34.5 Å². The van der Waals surface area contributed by atoms with E-state index in [1.807, 2.05) is 31.2 Å². The van der Waals surface area contributed by atoms with Crippen molar-refractivity contribution in [1.29, 1.82) is 0 Å². The smallest absolute Gasteiger partial charge is 0.289 e. The van der Waals surface area contributed by atoms with Crippen LogP contribution in [0.3, 0.4) is 0 Å². The number of rotatable bonds is 5. The fourth-order valence-corrected chi connectivity index (χ4v) is 4.05. The molecule has 1 aromatic carbocycles. The van der Waals surface area contributed by atoms with Crippen LogP contribution < -0.4 is 15.8 Å². The van der Waals surface area contributed by atoms with Crippen molar-refractivity contribution in [3.63, 3.8) is 0 Å². The molecule has 0 unspecified atom stereocenters. The van der Waals surface area contributed by atoms with Crippen molar-refractivity contribution < 1.29 is 14.3 Å². The largest absolute Gasteiger partial charge is 0.378 e. The Morgan fingerprint density at radius 3 is 2.81 bits per heavy atom. The zero-order valence-electron chi connectivity index (χ0n) is 14.4. The molecule has 7 nitrogen and oxygen atoms in total. The molecule has 1 fully saturated rings. The molecule has 138 valence electrons. The maximum absolute atomic E-state index is 12.1. The second-order valence-electron chi connectivity index (χ2n) is 5.67. The highest BCUT2D eigenvalue weighted by Crippen LogP contribution is 2.22. The summed E-state index contributed by atoms with van der Waals surface area (Å²) in [6, 6.07) is 7.85. The monoisotopic (exact) mass is 392 g/mol. The van der Waals surface area contributed by atoms with Crippen molar-refractivity contribution >= 4 is 40.0 Å². The summed E-state index contributed by atoms with van der Waals surface area (Å²) >= 11 is 2.84. The van der Waals surface area contributed by atoms with Crippen molar-refractivity contribution in [3.05, 3.63) is 40.9 Å². The minimum atomic E-state index is -0.421. The summed E-state index contributed by atoms with van der Waals surface area (Å²) in [5.41, 5.74) is 6.26. The van der Waals surface area contributed by atoms with Gasteiger partial charge in [0, 0.05) is 23.4 Å². The van der Waals surface area contributed by atoms with Crippen LogP contribution in [0.25, 0.3) is 0 Å². The third-order valence-electron chi connectivity index (χ3n) is 3.77. The number of hydrazine groups is 1. The van der Waals surface area contributed by atoms with Crippen LogP contribution in [-0.4, -0.2) is 48.9 Å². The number of hydrogen-bond donors (Lipinski definition) is 2. The van der Waals surface area contributed by atoms with Crippen molar-refractivity contribution in [2.45, 2.75) is 11.8 Å². The first kappa shape index (κ1) is 18.7. The van der Waals surface area contributed by atoms with E-state index < -0.39 is 5.91 Å². The minimum Gasteiger partial charge on any atom is -0.378 e. The molecule has 2 N–H and O–H groups in total. The molecule has 0 spiro atoms. The highest BCUT2D eigenvalue weighted by Gasteiger charge is 2.17. The number of morpholine rings is 1. The third-order valence-corrected chi connectivity index (χ3v) is 5.85. The molecule has 0 saturated carbocycles. The number of benzene rings is 1. The quantitative estimate of drug-likeness (QED) is 0.597. The SMILES string of the molecule is Cc1ccccc1SCC(=O)NNC(=O)c1csc(N2CCOCC2)n1. The molecular weight excluding hydrogens is 372 g/mol. The van der Waals surface area contributed by atoms with E-state index in [9.17, 15) is 9.59 Å². The fraction of sp³-hybridized carbons (Fsp3) is 0.353. The first-order valence-electron chi connectivity index (χ1n) is 8.19. The first-order valence-corrected chi connectivity index (χ1v) is 10.1. The molecule has 2 aromatic rings. The molecule has 9 heteroatoms. The molecule has 0 radical (unpaired) electrons. The maximum atomic E-state index is 12.1. The molecule has 1 aliphatic heterocycles. The van der Waals surface area contributed by atoms with E-state index in [2.05, 4.69) is 20.7 Å². The number of ether oxygens (including phenoxy) is 1. The lowest BCUT2D eigenvalue weighted by molar-refractivity contribution is -0.119. The first-order chi connectivity index (χ1) is 12.6. The molecule has 2 amide bonds. The summed E-state index contributed by atoms with van der Waals surface area (Å²) in [5.74, 6) is -0.466. The van der Waals surface area contributed by atoms with Gasteiger partial charge in [0.1, 0.15) is 5.69 Å². The number of nitrogens with one attached hydrogen (secondary N) is 2. The number of thioether (sulfide) groups is 1. The number of aryl methyl sites for hydroxylation is 1. The van der Waals surface area contributed by atoms with Crippen LogP contribution in [0.5, 0.6) is 0 Å². The van der Waals surface area contributed by atoms with Gasteiger partial charge in [-0.05, 0) is 18.6 Å². The van der Waals surface area contributed by atoms with Crippen molar-refractivity contribution in [3.8, 4) is 0 Å². The normalized spacial score (nSPS) is 14.1. The highest BCUT2D eigenvalue weighted by molar-refractivity contribution is 8.00. The Morgan fingerprint density at radius 2 is 2.04 bits per heavy atom. The summed E-state index contributed by atoms with van der Waals surface area (Å²) in [4.78, 5) is 31.5. The van der Waals surface area contributed by atoms with Gasteiger partial charge in [-0.25, -0.2) is 4.98 Å². The van der Waals surface area contributed by atoms with Gasteiger partial charge in [0.05, 0.1) is 19.0 Å². The van der Waals surface area contributed by atoms with E-state index in [-0.39, 0.29) is 11.7 Å². The Morgan fingerprint density at radius 1 is 1.27 bits per heavy atom. The molecule has 0 atom stereocenters. The number of carbonyl (C=O) groups excluding carboxylic acids is 2. The van der Waals surface area contributed by atoms with E-state index in [4.69, 9.17) is 4.74 Å². The fourth-order valence-electron chi connectivity index (χ4n) is 2.36. The third kappa shape index (κ3) is 4.96. The Labute approximate surface area is 160 Å². The summed E-state index contributed by atoms with van der Waals surface area (Å²) in [6.45, 7) is 4.85. The highest BCUT2D eigenvalue weighted by atomic mass is 32.2. The van der Waals surface area contributed by atoms with Gasteiger partial charge in [-0.15, -0.1) is 23.1 Å². The molecule has 1 aromatic heterocycles. The van der Waals surface area contributed by atoms with Crippen molar-refractivity contribution in [1.82, 2.24) is 15.8 Å². The molecule has 0 aliphatic carbocycles. The minimum absolute atomic E-state index is 0.223. The number of nitrogens with zero attached hydrogens (tertiary/aromatic N) is 2. The summed E-state index contributed by atoms with van der Waals surface area (Å²) in [7, 11) is 0. The molecular formula is C17H20N4O3S2. The van der Waals surface area contributed by atoms with Gasteiger partial charge < -0.3 is 9.64 Å².